The van der Waals surface area contributed by atoms with Gasteiger partial charge in [0, 0.05) is 10.9 Å². The van der Waals surface area contributed by atoms with Crippen LogP contribution in [0.5, 0.6) is 0 Å². The van der Waals surface area contributed by atoms with Gasteiger partial charge in [-0.3, -0.25) is 14.2 Å². The summed E-state index contributed by atoms with van der Waals surface area (Å²) in [7, 11) is 0. The molecule has 2 heterocycles. The molecule has 0 aliphatic carbocycles. The lowest BCUT2D eigenvalue weighted by Gasteiger charge is -2.09. The maximum Gasteiger partial charge on any atom is 0.262 e. The third-order valence-electron chi connectivity index (χ3n) is 2.92. The van der Waals surface area contributed by atoms with Crippen molar-refractivity contribution in [3.05, 3.63) is 27.1 Å². The molecular weight excluding hydrogens is 262 g/mol. The topological polar surface area (TPSA) is 64.0 Å². The van der Waals surface area contributed by atoms with E-state index in [1.165, 1.54) is 22.2 Å². The van der Waals surface area contributed by atoms with E-state index in [2.05, 4.69) is 10.3 Å². The van der Waals surface area contributed by atoms with Crippen LogP contribution < -0.4 is 10.9 Å². The first-order valence-corrected chi connectivity index (χ1v) is 6.96. The van der Waals surface area contributed by atoms with Gasteiger partial charge in [-0.05, 0) is 33.3 Å². The van der Waals surface area contributed by atoms with Crippen LogP contribution in [-0.2, 0) is 11.3 Å². The van der Waals surface area contributed by atoms with Gasteiger partial charge in [-0.15, -0.1) is 11.3 Å². The van der Waals surface area contributed by atoms with Gasteiger partial charge in [0.05, 0.1) is 11.7 Å². The van der Waals surface area contributed by atoms with E-state index in [-0.39, 0.29) is 24.1 Å². The highest BCUT2D eigenvalue weighted by molar-refractivity contribution is 7.18. The molecule has 0 bridgehead atoms. The Bertz CT molecular complexity index is 685. The molecule has 1 N–H and O–H groups in total. The molecule has 6 heteroatoms. The predicted molar refractivity (Wildman–Crippen MR) is 76.6 cm³/mol. The highest BCUT2D eigenvalue weighted by atomic mass is 32.1. The minimum Gasteiger partial charge on any atom is -0.352 e. The molecule has 0 aliphatic rings. The molecule has 0 saturated carbocycles. The quantitative estimate of drug-likeness (QED) is 0.928. The van der Waals surface area contributed by atoms with E-state index in [0.717, 1.165) is 15.3 Å². The van der Waals surface area contributed by atoms with Crippen LogP contribution in [0.25, 0.3) is 10.2 Å². The first-order chi connectivity index (χ1) is 8.90. The van der Waals surface area contributed by atoms with Gasteiger partial charge in [0.1, 0.15) is 11.4 Å². The van der Waals surface area contributed by atoms with E-state index in [9.17, 15) is 9.59 Å². The summed E-state index contributed by atoms with van der Waals surface area (Å²) in [6.07, 6.45) is 1.44. The average molecular weight is 279 g/mol. The van der Waals surface area contributed by atoms with Crippen LogP contribution in [0.15, 0.2) is 11.1 Å². The van der Waals surface area contributed by atoms with E-state index in [0.29, 0.717) is 5.39 Å². The number of hydrogen-bond acceptors (Lipinski definition) is 4. The number of rotatable bonds is 3. The predicted octanol–water partition coefficient (Wildman–Crippen LogP) is 1.60. The highest BCUT2D eigenvalue weighted by Gasteiger charge is 2.13. The molecule has 0 aromatic carbocycles. The van der Waals surface area contributed by atoms with Crippen molar-refractivity contribution in [1.29, 1.82) is 0 Å². The minimum atomic E-state index is -0.178. The number of fused-ring (bicyclic) bond motifs is 1. The minimum absolute atomic E-state index is 0.00822. The van der Waals surface area contributed by atoms with Crippen molar-refractivity contribution in [3.8, 4) is 0 Å². The van der Waals surface area contributed by atoms with Crippen LogP contribution in [0.2, 0.25) is 0 Å². The fraction of sp³-hybridized carbons (Fsp3) is 0.462. The molecule has 2 rings (SSSR count). The van der Waals surface area contributed by atoms with Gasteiger partial charge in [-0.25, -0.2) is 4.98 Å². The molecule has 0 saturated heterocycles. The maximum absolute atomic E-state index is 12.3. The smallest absolute Gasteiger partial charge is 0.262 e. The van der Waals surface area contributed by atoms with E-state index in [4.69, 9.17) is 0 Å². The van der Waals surface area contributed by atoms with Crippen molar-refractivity contribution in [2.24, 2.45) is 0 Å². The lowest BCUT2D eigenvalue weighted by molar-refractivity contribution is -0.122. The number of aromatic nitrogens is 2. The van der Waals surface area contributed by atoms with Crippen LogP contribution in [0, 0.1) is 13.8 Å². The summed E-state index contributed by atoms with van der Waals surface area (Å²) in [5, 5.41) is 3.39. The van der Waals surface area contributed by atoms with Gasteiger partial charge in [0.15, 0.2) is 0 Å². The molecule has 2 aromatic rings. The zero-order chi connectivity index (χ0) is 14.2. The molecule has 0 fully saturated rings. The van der Waals surface area contributed by atoms with Crippen LogP contribution in [0.3, 0.4) is 0 Å². The SMILES string of the molecule is Cc1sc2ncn(CC(=O)NC(C)C)c(=O)c2c1C. The van der Waals surface area contributed by atoms with Crippen molar-refractivity contribution >= 4 is 27.5 Å². The van der Waals surface area contributed by atoms with E-state index in [1.54, 1.807) is 0 Å². The third-order valence-corrected chi connectivity index (χ3v) is 4.03. The Morgan fingerprint density at radius 3 is 2.79 bits per heavy atom. The van der Waals surface area contributed by atoms with Gasteiger partial charge in [0.2, 0.25) is 5.91 Å². The molecule has 5 nitrogen and oxygen atoms in total. The zero-order valence-corrected chi connectivity index (χ0v) is 12.3. The Hall–Kier alpha value is -1.69. The maximum atomic E-state index is 12.3. The number of amides is 1. The number of carbonyl (C=O) groups excluding carboxylic acids is 1. The summed E-state index contributed by atoms with van der Waals surface area (Å²) in [5.74, 6) is -0.178. The van der Waals surface area contributed by atoms with Gasteiger partial charge in [-0.1, -0.05) is 0 Å². The Kier molecular flexibility index (Phi) is 3.71. The Labute approximate surface area is 115 Å². The number of nitrogens with zero attached hydrogens (tertiary/aromatic N) is 2. The molecule has 19 heavy (non-hydrogen) atoms. The van der Waals surface area contributed by atoms with E-state index >= 15 is 0 Å². The fourth-order valence-electron chi connectivity index (χ4n) is 1.90. The third kappa shape index (κ3) is 2.68. The molecule has 0 radical (unpaired) electrons. The average Bonchev–Trinajstić information content (AvgIpc) is 2.59. The van der Waals surface area contributed by atoms with E-state index < -0.39 is 0 Å². The van der Waals surface area contributed by atoms with Crippen LogP contribution >= 0.6 is 11.3 Å². The number of hydrogen-bond donors (Lipinski definition) is 1. The monoisotopic (exact) mass is 279 g/mol. The molecule has 0 atom stereocenters. The van der Waals surface area contributed by atoms with Crippen molar-refractivity contribution in [1.82, 2.24) is 14.9 Å². The lowest BCUT2D eigenvalue weighted by Crippen LogP contribution is -2.36. The summed E-state index contributed by atoms with van der Waals surface area (Å²) >= 11 is 1.51. The van der Waals surface area contributed by atoms with Crippen molar-refractivity contribution < 1.29 is 4.79 Å². The van der Waals surface area contributed by atoms with Crippen LogP contribution in [-0.4, -0.2) is 21.5 Å². The van der Waals surface area contributed by atoms with Gasteiger partial charge < -0.3 is 5.32 Å². The zero-order valence-electron chi connectivity index (χ0n) is 11.5. The van der Waals surface area contributed by atoms with Crippen molar-refractivity contribution in [3.63, 3.8) is 0 Å². The molecule has 2 aromatic heterocycles. The van der Waals surface area contributed by atoms with Gasteiger partial charge in [-0.2, -0.15) is 0 Å². The summed E-state index contributed by atoms with van der Waals surface area (Å²) in [5.41, 5.74) is 0.807. The van der Waals surface area contributed by atoms with Crippen LogP contribution in [0.1, 0.15) is 24.3 Å². The number of nitrogens with one attached hydrogen (secondary N) is 1. The lowest BCUT2D eigenvalue weighted by atomic mass is 10.2. The Morgan fingerprint density at radius 1 is 1.47 bits per heavy atom. The Morgan fingerprint density at radius 2 is 2.16 bits per heavy atom. The second-order valence-corrected chi connectivity index (χ2v) is 6.07. The van der Waals surface area contributed by atoms with E-state index in [1.807, 2.05) is 27.7 Å². The molecule has 0 spiro atoms. The van der Waals surface area contributed by atoms with Gasteiger partial charge in [0.25, 0.3) is 5.56 Å². The Balaban J connectivity index is 2.40. The molecular formula is C13H17N3O2S. The summed E-state index contributed by atoms with van der Waals surface area (Å²) in [6.45, 7) is 7.66. The first kappa shape index (κ1) is 13.7. The van der Waals surface area contributed by atoms with Crippen molar-refractivity contribution in [2.75, 3.05) is 0 Å². The highest BCUT2D eigenvalue weighted by Crippen LogP contribution is 2.25. The normalized spacial score (nSPS) is 11.2. The first-order valence-electron chi connectivity index (χ1n) is 6.14. The number of carbonyl (C=O) groups is 1. The second-order valence-electron chi connectivity index (χ2n) is 4.86. The molecule has 0 aliphatic heterocycles. The number of aryl methyl sites for hydroxylation is 2. The van der Waals surface area contributed by atoms with Crippen LogP contribution in [0.4, 0.5) is 0 Å². The summed E-state index contributed by atoms with van der Waals surface area (Å²) in [6, 6.07) is 0.0602. The second kappa shape index (κ2) is 5.13. The summed E-state index contributed by atoms with van der Waals surface area (Å²) < 4.78 is 1.36. The van der Waals surface area contributed by atoms with Crippen molar-refractivity contribution in [2.45, 2.75) is 40.3 Å². The molecule has 1 amide bonds. The van der Waals surface area contributed by atoms with Gasteiger partial charge >= 0.3 is 0 Å². The standard InChI is InChI=1S/C13H17N3O2S/c1-7(2)15-10(17)5-16-6-14-12-11(13(16)18)8(3)9(4)19-12/h6-7H,5H2,1-4H3,(H,15,17). The molecule has 102 valence electrons. The molecule has 0 unspecified atom stereocenters. The fourth-order valence-corrected chi connectivity index (χ4v) is 2.89. The number of thiophene rings is 1. The summed E-state index contributed by atoms with van der Waals surface area (Å²) in [4.78, 5) is 30.1. The largest absolute Gasteiger partial charge is 0.352 e.